The summed E-state index contributed by atoms with van der Waals surface area (Å²) >= 11 is 1.42. The number of hydrogen-bond donors (Lipinski definition) is 2. The van der Waals surface area contributed by atoms with E-state index >= 15 is 0 Å². The van der Waals surface area contributed by atoms with Crippen LogP contribution in [0, 0.1) is 6.92 Å². The number of fused-ring (bicyclic) bond motifs is 1. The van der Waals surface area contributed by atoms with E-state index in [1.54, 1.807) is 12.5 Å². The smallest absolute Gasteiger partial charge is 0.261 e. The van der Waals surface area contributed by atoms with Gasteiger partial charge in [-0.1, -0.05) is 19.4 Å². The monoisotopic (exact) mass is 369 g/mol. The van der Waals surface area contributed by atoms with Gasteiger partial charge in [-0.3, -0.25) is 9.78 Å². The van der Waals surface area contributed by atoms with E-state index < -0.39 is 0 Å². The fourth-order valence-electron chi connectivity index (χ4n) is 2.74. The van der Waals surface area contributed by atoms with Gasteiger partial charge in [-0.2, -0.15) is 0 Å². The van der Waals surface area contributed by atoms with Crippen molar-refractivity contribution in [2.45, 2.75) is 33.1 Å². The molecule has 26 heavy (non-hydrogen) atoms. The molecule has 1 amide bonds. The summed E-state index contributed by atoms with van der Waals surface area (Å²) in [5.41, 5.74) is 1.96. The van der Waals surface area contributed by atoms with Gasteiger partial charge < -0.3 is 10.6 Å². The van der Waals surface area contributed by atoms with Crippen LogP contribution in [-0.4, -0.2) is 33.9 Å². The van der Waals surface area contributed by atoms with Gasteiger partial charge in [-0.05, 0) is 31.0 Å². The molecule has 7 heteroatoms. The first-order chi connectivity index (χ1) is 12.7. The number of thiophene rings is 1. The van der Waals surface area contributed by atoms with Crippen molar-refractivity contribution in [3.8, 4) is 0 Å². The highest BCUT2D eigenvalue weighted by atomic mass is 32.1. The van der Waals surface area contributed by atoms with Gasteiger partial charge in [0.2, 0.25) is 0 Å². The number of carbonyl (C=O) groups is 1. The topological polar surface area (TPSA) is 79.8 Å². The second-order valence-corrected chi connectivity index (χ2v) is 7.06. The number of aryl methyl sites for hydroxylation is 1. The molecule has 3 heterocycles. The van der Waals surface area contributed by atoms with Crippen molar-refractivity contribution >= 4 is 33.3 Å². The minimum atomic E-state index is -0.0293. The predicted octanol–water partition coefficient (Wildman–Crippen LogP) is 3.58. The molecule has 0 saturated heterocycles. The maximum Gasteiger partial charge on any atom is 0.261 e. The Balaban J connectivity index is 1.75. The van der Waals surface area contributed by atoms with Crippen LogP contribution in [-0.2, 0) is 6.42 Å². The van der Waals surface area contributed by atoms with E-state index in [0.717, 1.165) is 53.1 Å². The number of nitrogens with zero attached hydrogens (tertiary/aromatic N) is 3. The first-order valence-electron chi connectivity index (χ1n) is 8.86. The van der Waals surface area contributed by atoms with Crippen LogP contribution in [0.25, 0.3) is 10.2 Å². The second-order valence-electron chi connectivity index (χ2n) is 6.07. The van der Waals surface area contributed by atoms with Gasteiger partial charge >= 0.3 is 0 Å². The lowest BCUT2D eigenvalue weighted by Crippen LogP contribution is -2.24. The Morgan fingerprint density at radius 1 is 1.19 bits per heavy atom. The van der Waals surface area contributed by atoms with Crippen LogP contribution in [0.2, 0.25) is 0 Å². The number of anilines is 1. The van der Waals surface area contributed by atoms with E-state index in [9.17, 15) is 4.79 Å². The third-order valence-corrected chi connectivity index (χ3v) is 5.35. The molecule has 3 aromatic heterocycles. The molecule has 0 spiro atoms. The maximum atomic E-state index is 12.4. The predicted molar refractivity (Wildman–Crippen MR) is 106 cm³/mol. The van der Waals surface area contributed by atoms with E-state index in [4.69, 9.17) is 0 Å². The van der Waals surface area contributed by atoms with Crippen molar-refractivity contribution in [1.82, 2.24) is 20.3 Å². The van der Waals surface area contributed by atoms with E-state index in [1.165, 1.54) is 11.3 Å². The zero-order valence-corrected chi connectivity index (χ0v) is 15.9. The molecule has 0 saturated carbocycles. The molecule has 136 valence electrons. The molecule has 0 fully saturated rings. The summed E-state index contributed by atoms with van der Waals surface area (Å²) in [4.78, 5) is 27.0. The van der Waals surface area contributed by atoms with E-state index in [-0.39, 0.29) is 5.91 Å². The normalized spacial score (nSPS) is 10.8. The number of nitrogens with one attached hydrogen (secondary N) is 2. The highest BCUT2D eigenvalue weighted by Crippen LogP contribution is 2.33. The van der Waals surface area contributed by atoms with Crippen LogP contribution >= 0.6 is 11.3 Å². The van der Waals surface area contributed by atoms with Crippen molar-refractivity contribution in [1.29, 1.82) is 0 Å². The van der Waals surface area contributed by atoms with Crippen molar-refractivity contribution in [2.24, 2.45) is 0 Å². The molecule has 6 nitrogen and oxygen atoms in total. The highest BCUT2D eigenvalue weighted by Gasteiger charge is 2.18. The van der Waals surface area contributed by atoms with Gasteiger partial charge in [-0.15, -0.1) is 11.3 Å². The number of pyridine rings is 1. The lowest BCUT2D eigenvalue weighted by molar-refractivity contribution is 0.0957. The molecule has 0 radical (unpaired) electrons. The van der Waals surface area contributed by atoms with E-state index in [0.29, 0.717) is 11.4 Å². The number of carbonyl (C=O) groups excluding carboxylic acids is 1. The van der Waals surface area contributed by atoms with Gasteiger partial charge in [0.05, 0.1) is 10.3 Å². The van der Waals surface area contributed by atoms with Crippen molar-refractivity contribution in [2.75, 3.05) is 18.4 Å². The minimum absolute atomic E-state index is 0.0293. The van der Waals surface area contributed by atoms with Crippen LogP contribution < -0.4 is 10.6 Å². The Kier molecular flexibility index (Phi) is 6.12. The Morgan fingerprint density at radius 2 is 2.08 bits per heavy atom. The molecule has 2 N–H and O–H groups in total. The standard InChI is InChI=1S/C19H23N5OS/c1-3-4-9-22-18(25)16-13(2)15-17(23-12-24-19(15)26-16)21-11-8-14-7-5-6-10-20-14/h5-7,10,12H,3-4,8-9,11H2,1-2H3,(H,22,25)(H,21,23,24). The lowest BCUT2D eigenvalue weighted by atomic mass is 10.2. The third-order valence-electron chi connectivity index (χ3n) is 4.15. The fourth-order valence-corrected chi connectivity index (χ4v) is 3.80. The molecular formula is C19H23N5OS. The molecule has 0 aliphatic heterocycles. The summed E-state index contributed by atoms with van der Waals surface area (Å²) in [6.45, 7) is 5.48. The first kappa shape index (κ1) is 18.3. The number of unbranched alkanes of at least 4 members (excludes halogenated alkanes) is 1. The second kappa shape index (κ2) is 8.71. The van der Waals surface area contributed by atoms with Crippen LogP contribution in [0.15, 0.2) is 30.7 Å². The molecule has 0 aliphatic carbocycles. The van der Waals surface area contributed by atoms with Gasteiger partial charge in [0, 0.05) is 31.4 Å². The fraction of sp³-hybridized carbons (Fsp3) is 0.368. The van der Waals surface area contributed by atoms with Gasteiger partial charge in [0.1, 0.15) is 17.0 Å². The van der Waals surface area contributed by atoms with E-state index in [2.05, 4.69) is 32.5 Å². The first-order valence-corrected chi connectivity index (χ1v) is 9.68. The average molecular weight is 369 g/mol. The summed E-state index contributed by atoms with van der Waals surface area (Å²) in [6, 6.07) is 5.90. The number of amides is 1. The number of hydrogen-bond acceptors (Lipinski definition) is 6. The average Bonchev–Trinajstić information content (AvgIpc) is 3.00. The Morgan fingerprint density at radius 3 is 2.85 bits per heavy atom. The SMILES string of the molecule is CCCCNC(=O)c1sc2ncnc(NCCc3ccccn3)c2c1C. The molecule has 0 aliphatic rings. The molecule has 0 aromatic carbocycles. The van der Waals surface area contributed by atoms with Crippen LogP contribution in [0.1, 0.15) is 40.7 Å². The Hall–Kier alpha value is -2.54. The highest BCUT2D eigenvalue weighted by molar-refractivity contribution is 7.20. The van der Waals surface area contributed by atoms with Gasteiger partial charge in [0.25, 0.3) is 5.91 Å². The zero-order chi connectivity index (χ0) is 18.4. The third kappa shape index (κ3) is 4.16. The summed E-state index contributed by atoms with van der Waals surface area (Å²) in [5.74, 6) is 0.741. The Bertz CT molecular complexity index is 878. The molecule has 0 atom stereocenters. The minimum Gasteiger partial charge on any atom is -0.369 e. The molecule has 0 unspecified atom stereocenters. The zero-order valence-electron chi connectivity index (χ0n) is 15.1. The molecule has 3 aromatic rings. The van der Waals surface area contributed by atoms with Crippen LogP contribution in [0.3, 0.4) is 0 Å². The van der Waals surface area contributed by atoms with Gasteiger partial charge in [-0.25, -0.2) is 9.97 Å². The molecule has 3 rings (SSSR count). The van der Waals surface area contributed by atoms with Crippen molar-refractivity contribution in [3.05, 3.63) is 46.9 Å². The lowest BCUT2D eigenvalue weighted by Gasteiger charge is -2.07. The van der Waals surface area contributed by atoms with Crippen LogP contribution in [0.5, 0.6) is 0 Å². The number of rotatable bonds is 8. The van der Waals surface area contributed by atoms with E-state index in [1.807, 2.05) is 25.1 Å². The largest absolute Gasteiger partial charge is 0.369 e. The molecule has 0 bridgehead atoms. The van der Waals surface area contributed by atoms with Crippen molar-refractivity contribution < 1.29 is 4.79 Å². The Labute approximate surface area is 157 Å². The summed E-state index contributed by atoms with van der Waals surface area (Å²) < 4.78 is 0. The van der Waals surface area contributed by atoms with Crippen molar-refractivity contribution in [3.63, 3.8) is 0 Å². The van der Waals surface area contributed by atoms with Crippen LogP contribution in [0.4, 0.5) is 5.82 Å². The number of aromatic nitrogens is 3. The molecular weight excluding hydrogens is 346 g/mol. The maximum absolute atomic E-state index is 12.4. The summed E-state index contributed by atoms with van der Waals surface area (Å²) in [7, 11) is 0. The summed E-state index contributed by atoms with van der Waals surface area (Å²) in [5, 5.41) is 7.28. The van der Waals surface area contributed by atoms with Gasteiger partial charge in [0.15, 0.2) is 0 Å². The summed E-state index contributed by atoms with van der Waals surface area (Å²) in [6.07, 6.45) is 6.18. The quantitative estimate of drug-likeness (QED) is 0.593.